The number of aromatic nitrogens is 2. The molecule has 0 aliphatic heterocycles. The third-order valence-corrected chi connectivity index (χ3v) is 4.38. The van der Waals surface area contributed by atoms with E-state index in [-0.39, 0.29) is 0 Å². The average Bonchev–Trinajstić information content (AvgIpc) is 2.55. The lowest BCUT2D eigenvalue weighted by atomic mass is 9.93. The molecule has 2 heterocycles. The smallest absolute Gasteiger partial charge is 0.0967 e. The molecule has 0 unspecified atom stereocenters. The van der Waals surface area contributed by atoms with Gasteiger partial charge in [-0.05, 0) is 24.5 Å². The van der Waals surface area contributed by atoms with Crippen LogP contribution in [0.3, 0.4) is 0 Å². The van der Waals surface area contributed by atoms with Gasteiger partial charge in [-0.15, -0.1) is 0 Å². The molecule has 3 rings (SSSR count). The SMILES string of the molecule is CCCC(CCC)Cc1ccc2ccc3cccnc3c2n1. The molecule has 0 spiro atoms. The molecule has 0 radical (unpaired) electrons. The number of hydrogen-bond donors (Lipinski definition) is 0. The highest BCUT2D eigenvalue weighted by Gasteiger charge is 2.10. The zero-order chi connectivity index (χ0) is 15.4. The van der Waals surface area contributed by atoms with Gasteiger partial charge in [0, 0.05) is 22.7 Å². The van der Waals surface area contributed by atoms with E-state index < -0.39 is 0 Å². The molecule has 2 heteroatoms. The van der Waals surface area contributed by atoms with Crippen molar-refractivity contribution in [2.24, 2.45) is 5.92 Å². The van der Waals surface area contributed by atoms with Gasteiger partial charge in [-0.25, -0.2) is 0 Å². The minimum Gasteiger partial charge on any atom is -0.254 e. The number of pyridine rings is 2. The number of hydrogen-bond acceptors (Lipinski definition) is 2. The van der Waals surface area contributed by atoms with Gasteiger partial charge in [0.05, 0.1) is 11.0 Å². The van der Waals surface area contributed by atoms with Crippen molar-refractivity contribution < 1.29 is 0 Å². The van der Waals surface area contributed by atoms with E-state index in [0.717, 1.165) is 23.4 Å². The first-order valence-corrected chi connectivity index (χ1v) is 8.45. The maximum Gasteiger partial charge on any atom is 0.0967 e. The van der Waals surface area contributed by atoms with Crippen molar-refractivity contribution in [1.29, 1.82) is 0 Å². The van der Waals surface area contributed by atoms with Crippen molar-refractivity contribution in [1.82, 2.24) is 9.97 Å². The van der Waals surface area contributed by atoms with Crippen LogP contribution in [0.4, 0.5) is 0 Å². The molecule has 1 aromatic carbocycles. The molecule has 0 aliphatic carbocycles. The van der Waals surface area contributed by atoms with Crippen molar-refractivity contribution in [3.63, 3.8) is 0 Å². The minimum atomic E-state index is 0.753. The van der Waals surface area contributed by atoms with Crippen molar-refractivity contribution in [2.75, 3.05) is 0 Å². The van der Waals surface area contributed by atoms with Crippen LogP contribution in [-0.4, -0.2) is 9.97 Å². The van der Waals surface area contributed by atoms with Gasteiger partial charge in [0.25, 0.3) is 0 Å². The van der Waals surface area contributed by atoms with Crippen LogP contribution in [0, 0.1) is 5.92 Å². The van der Waals surface area contributed by atoms with Crippen LogP contribution in [0.1, 0.15) is 45.2 Å². The van der Waals surface area contributed by atoms with Crippen LogP contribution in [0.25, 0.3) is 21.8 Å². The van der Waals surface area contributed by atoms with Gasteiger partial charge in [-0.1, -0.05) is 63.8 Å². The predicted molar refractivity (Wildman–Crippen MR) is 94.1 cm³/mol. The fourth-order valence-corrected chi connectivity index (χ4v) is 3.34. The Labute approximate surface area is 132 Å². The number of benzene rings is 1. The highest BCUT2D eigenvalue weighted by atomic mass is 14.7. The molecule has 0 N–H and O–H groups in total. The van der Waals surface area contributed by atoms with E-state index in [2.05, 4.69) is 49.2 Å². The number of rotatable bonds is 6. The summed E-state index contributed by atoms with van der Waals surface area (Å²) in [4.78, 5) is 9.48. The molecule has 0 bridgehead atoms. The Bertz CT molecular complexity index is 758. The molecular weight excluding hydrogens is 268 g/mol. The number of nitrogens with zero attached hydrogens (tertiary/aromatic N) is 2. The highest BCUT2D eigenvalue weighted by molar-refractivity contribution is 6.02. The minimum absolute atomic E-state index is 0.753. The monoisotopic (exact) mass is 292 g/mol. The quantitative estimate of drug-likeness (QED) is 0.557. The highest BCUT2D eigenvalue weighted by Crippen LogP contribution is 2.24. The van der Waals surface area contributed by atoms with Crippen LogP contribution in [0.5, 0.6) is 0 Å². The van der Waals surface area contributed by atoms with Crippen molar-refractivity contribution in [3.8, 4) is 0 Å². The van der Waals surface area contributed by atoms with Crippen LogP contribution in [0.15, 0.2) is 42.6 Å². The van der Waals surface area contributed by atoms with Crippen LogP contribution in [-0.2, 0) is 6.42 Å². The van der Waals surface area contributed by atoms with E-state index in [1.807, 2.05) is 12.3 Å². The fraction of sp³-hybridized carbons (Fsp3) is 0.400. The Morgan fingerprint density at radius 1 is 0.864 bits per heavy atom. The largest absolute Gasteiger partial charge is 0.254 e. The van der Waals surface area contributed by atoms with Gasteiger partial charge in [0.1, 0.15) is 0 Å². The summed E-state index contributed by atoms with van der Waals surface area (Å²) in [7, 11) is 0. The Morgan fingerprint density at radius 3 is 2.27 bits per heavy atom. The summed E-state index contributed by atoms with van der Waals surface area (Å²) in [6.45, 7) is 4.54. The first-order chi connectivity index (χ1) is 10.8. The second-order valence-corrected chi connectivity index (χ2v) is 6.16. The lowest BCUT2D eigenvalue weighted by molar-refractivity contribution is 0.434. The second-order valence-electron chi connectivity index (χ2n) is 6.16. The topological polar surface area (TPSA) is 25.8 Å². The van der Waals surface area contributed by atoms with Crippen LogP contribution in [0.2, 0.25) is 0 Å². The normalized spacial score (nSPS) is 11.6. The zero-order valence-corrected chi connectivity index (χ0v) is 13.5. The molecule has 114 valence electrons. The maximum atomic E-state index is 4.95. The molecule has 0 saturated carbocycles. The molecule has 0 saturated heterocycles. The van der Waals surface area contributed by atoms with Crippen molar-refractivity contribution in [2.45, 2.75) is 46.0 Å². The summed E-state index contributed by atoms with van der Waals surface area (Å²) in [5.74, 6) is 0.753. The molecule has 0 fully saturated rings. The second kappa shape index (κ2) is 6.87. The summed E-state index contributed by atoms with van der Waals surface area (Å²) in [5, 5.41) is 2.34. The summed E-state index contributed by atoms with van der Waals surface area (Å²) < 4.78 is 0. The zero-order valence-electron chi connectivity index (χ0n) is 13.5. The molecular formula is C20H24N2. The van der Waals surface area contributed by atoms with Crippen molar-refractivity contribution in [3.05, 3.63) is 48.3 Å². The van der Waals surface area contributed by atoms with E-state index in [9.17, 15) is 0 Å². The lowest BCUT2D eigenvalue weighted by Gasteiger charge is -2.15. The third-order valence-electron chi connectivity index (χ3n) is 4.38. The standard InChI is InChI=1S/C20H24N2/c1-3-6-15(7-4-2)14-18-12-11-17-10-9-16-8-5-13-21-19(16)20(17)22-18/h5,8-13,15H,3-4,6-7,14H2,1-2H3. The first-order valence-electron chi connectivity index (χ1n) is 8.45. The Balaban J connectivity index is 1.99. The Kier molecular flexibility index (Phi) is 4.67. The van der Waals surface area contributed by atoms with Gasteiger partial charge in [-0.3, -0.25) is 9.97 Å². The van der Waals surface area contributed by atoms with Crippen molar-refractivity contribution >= 4 is 21.8 Å². The fourth-order valence-electron chi connectivity index (χ4n) is 3.34. The molecule has 22 heavy (non-hydrogen) atoms. The molecule has 2 aromatic heterocycles. The van der Waals surface area contributed by atoms with Gasteiger partial charge < -0.3 is 0 Å². The van der Waals surface area contributed by atoms with E-state index in [0.29, 0.717) is 0 Å². The van der Waals surface area contributed by atoms with Crippen LogP contribution < -0.4 is 0 Å². The maximum absolute atomic E-state index is 4.95. The summed E-state index contributed by atoms with van der Waals surface area (Å²) in [6, 6.07) is 12.7. The summed E-state index contributed by atoms with van der Waals surface area (Å²) >= 11 is 0. The third kappa shape index (κ3) is 3.11. The Morgan fingerprint density at radius 2 is 1.55 bits per heavy atom. The molecule has 0 atom stereocenters. The van der Waals surface area contributed by atoms with E-state index in [1.165, 1.54) is 42.1 Å². The van der Waals surface area contributed by atoms with Gasteiger partial charge in [0.2, 0.25) is 0 Å². The molecule has 0 amide bonds. The van der Waals surface area contributed by atoms with Gasteiger partial charge in [0.15, 0.2) is 0 Å². The molecule has 2 nitrogen and oxygen atoms in total. The Hall–Kier alpha value is -1.96. The number of fused-ring (bicyclic) bond motifs is 3. The van der Waals surface area contributed by atoms with Crippen LogP contribution >= 0.6 is 0 Å². The first kappa shape index (κ1) is 15.0. The summed E-state index contributed by atoms with van der Waals surface area (Å²) in [5.41, 5.74) is 3.27. The molecule has 3 aromatic rings. The van der Waals surface area contributed by atoms with Gasteiger partial charge >= 0.3 is 0 Å². The average molecular weight is 292 g/mol. The molecule has 0 aliphatic rings. The van der Waals surface area contributed by atoms with Gasteiger partial charge in [-0.2, -0.15) is 0 Å². The summed E-state index contributed by atoms with van der Waals surface area (Å²) in [6.07, 6.45) is 8.03. The van der Waals surface area contributed by atoms with E-state index >= 15 is 0 Å². The predicted octanol–water partition coefficient (Wildman–Crippen LogP) is 5.54. The lowest BCUT2D eigenvalue weighted by Crippen LogP contribution is -2.06. The van der Waals surface area contributed by atoms with E-state index in [4.69, 9.17) is 4.98 Å². The van der Waals surface area contributed by atoms with E-state index in [1.54, 1.807) is 0 Å².